The van der Waals surface area contributed by atoms with Crippen molar-refractivity contribution in [1.82, 2.24) is 9.78 Å². The Balaban J connectivity index is 1.66. The standard InChI is InChI=1S/C20H18ClN3O3/c1-12(2)19-16(10-22-24(19)15-5-3-4-13(21)8-15)20(25)23-14-6-7-17-18(9-14)27-11-26-17/h3-10,12H,11H2,1-2H3,(H,23,25). The van der Waals surface area contributed by atoms with Crippen molar-refractivity contribution in [2.45, 2.75) is 19.8 Å². The molecule has 6 nitrogen and oxygen atoms in total. The smallest absolute Gasteiger partial charge is 0.259 e. The number of amides is 1. The number of benzene rings is 2. The third kappa shape index (κ3) is 3.36. The summed E-state index contributed by atoms with van der Waals surface area (Å²) >= 11 is 6.11. The number of ether oxygens (including phenoxy) is 2. The van der Waals surface area contributed by atoms with Gasteiger partial charge in [0.05, 0.1) is 23.1 Å². The van der Waals surface area contributed by atoms with Gasteiger partial charge in [-0.15, -0.1) is 0 Å². The summed E-state index contributed by atoms with van der Waals surface area (Å²) in [6.07, 6.45) is 1.58. The maximum atomic E-state index is 12.9. The lowest BCUT2D eigenvalue weighted by Crippen LogP contribution is -2.15. The van der Waals surface area contributed by atoms with Gasteiger partial charge in [-0.2, -0.15) is 5.10 Å². The Bertz CT molecular complexity index is 1010. The highest BCUT2D eigenvalue weighted by molar-refractivity contribution is 6.30. The number of hydrogen-bond donors (Lipinski definition) is 1. The van der Waals surface area contributed by atoms with E-state index in [1.54, 1.807) is 35.1 Å². The number of rotatable bonds is 4. The molecular formula is C20H18ClN3O3. The molecule has 7 heteroatoms. The first-order valence-electron chi connectivity index (χ1n) is 8.58. The first-order valence-corrected chi connectivity index (χ1v) is 8.95. The van der Waals surface area contributed by atoms with Crippen molar-refractivity contribution in [3.05, 3.63) is 64.9 Å². The van der Waals surface area contributed by atoms with Crippen LogP contribution in [0, 0.1) is 0 Å². The first kappa shape index (κ1) is 17.4. The number of nitrogens with one attached hydrogen (secondary N) is 1. The first-order chi connectivity index (χ1) is 13.0. The maximum Gasteiger partial charge on any atom is 0.259 e. The van der Waals surface area contributed by atoms with Crippen LogP contribution in [0.3, 0.4) is 0 Å². The highest BCUT2D eigenvalue weighted by Crippen LogP contribution is 2.34. The number of carbonyl (C=O) groups excluding carboxylic acids is 1. The van der Waals surface area contributed by atoms with Gasteiger partial charge in [-0.3, -0.25) is 4.79 Å². The number of hydrogen-bond acceptors (Lipinski definition) is 4. The van der Waals surface area contributed by atoms with Crippen LogP contribution in [0.15, 0.2) is 48.7 Å². The summed E-state index contributed by atoms with van der Waals surface area (Å²) in [5, 5.41) is 7.94. The Morgan fingerprint density at radius 3 is 2.78 bits per heavy atom. The fraction of sp³-hybridized carbons (Fsp3) is 0.200. The molecule has 2 aromatic carbocycles. The van der Waals surface area contributed by atoms with E-state index in [9.17, 15) is 4.79 Å². The molecular weight excluding hydrogens is 366 g/mol. The van der Waals surface area contributed by atoms with E-state index in [0.717, 1.165) is 11.4 Å². The van der Waals surface area contributed by atoms with Gasteiger partial charge in [0.2, 0.25) is 6.79 Å². The van der Waals surface area contributed by atoms with E-state index in [4.69, 9.17) is 21.1 Å². The minimum absolute atomic E-state index is 0.0870. The molecule has 0 bridgehead atoms. The third-order valence-corrected chi connectivity index (χ3v) is 4.52. The highest BCUT2D eigenvalue weighted by atomic mass is 35.5. The highest BCUT2D eigenvalue weighted by Gasteiger charge is 2.22. The lowest BCUT2D eigenvalue weighted by Gasteiger charge is -2.13. The van der Waals surface area contributed by atoms with Crippen LogP contribution in [-0.4, -0.2) is 22.5 Å². The molecule has 1 amide bonds. The summed E-state index contributed by atoms with van der Waals surface area (Å²) in [6.45, 7) is 4.24. The average Bonchev–Trinajstić information content (AvgIpc) is 3.28. The predicted molar refractivity (Wildman–Crippen MR) is 103 cm³/mol. The van der Waals surface area contributed by atoms with Gasteiger partial charge in [-0.1, -0.05) is 31.5 Å². The van der Waals surface area contributed by atoms with Gasteiger partial charge in [0.1, 0.15) is 0 Å². The van der Waals surface area contributed by atoms with E-state index in [0.29, 0.717) is 27.8 Å². The average molecular weight is 384 g/mol. The molecule has 3 aromatic rings. The Morgan fingerprint density at radius 2 is 2.00 bits per heavy atom. The van der Waals surface area contributed by atoms with Crippen molar-refractivity contribution in [2.75, 3.05) is 12.1 Å². The van der Waals surface area contributed by atoms with Gasteiger partial charge in [0, 0.05) is 16.8 Å². The van der Waals surface area contributed by atoms with Crippen molar-refractivity contribution in [1.29, 1.82) is 0 Å². The SMILES string of the molecule is CC(C)c1c(C(=O)Nc2ccc3c(c2)OCO3)cnn1-c1cccc(Cl)c1. The van der Waals surface area contributed by atoms with Gasteiger partial charge in [-0.05, 0) is 36.2 Å². The summed E-state index contributed by atoms with van der Waals surface area (Å²) in [5.74, 6) is 1.14. The molecule has 27 heavy (non-hydrogen) atoms. The van der Waals surface area contributed by atoms with Gasteiger partial charge in [0.25, 0.3) is 5.91 Å². The van der Waals surface area contributed by atoms with E-state index in [1.165, 1.54) is 0 Å². The van der Waals surface area contributed by atoms with Crippen LogP contribution in [0.25, 0.3) is 5.69 Å². The molecule has 0 saturated heterocycles. The van der Waals surface area contributed by atoms with Gasteiger partial charge < -0.3 is 14.8 Å². The van der Waals surface area contributed by atoms with Crippen molar-refractivity contribution in [3.63, 3.8) is 0 Å². The molecule has 1 N–H and O–H groups in total. The Hall–Kier alpha value is -2.99. The Labute approximate surface area is 161 Å². The van der Waals surface area contributed by atoms with Gasteiger partial charge in [-0.25, -0.2) is 4.68 Å². The molecule has 1 aromatic heterocycles. The molecule has 0 radical (unpaired) electrons. The van der Waals surface area contributed by atoms with Crippen LogP contribution in [-0.2, 0) is 0 Å². The monoisotopic (exact) mass is 383 g/mol. The summed E-state index contributed by atoms with van der Waals surface area (Å²) < 4.78 is 12.4. The quantitative estimate of drug-likeness (QED) is 0.713. The van der Waals surface area contributed by atoms with Gasteiger partial charge in [0.15, 0.2) is 11.5 Å². The Morgan fingerprint density at radius 1 is 1.19 bits per heavy atom. The van der Waals surface area contributed by atoms with Crippen LogP contribution in [0.2, 0.25) is 5.02 Å². The van der Waals surface area contributed by atoms with Crippen LogP contribution in [0.1, 0.15) is 35.8 Å². The molecule has 0 saturated carbocycles. The fourth-order valence-electron chi connectivity index (χ4n) is 3.07. The zero-order valence-electron chi connectivity index (χ0n) is 14.9. The summed E-state index contributed by atoms with van der Waals surface area (Å²) in [7, 11) is 0. The third-order valence-electron chi connectivity index (χ3n) is 4.28. The zero-order chi connectivity index (χ0) is 19.0. The number of halogens is 1. The molecule has 0 spiro atoms. The second-order valence-electron chi connectivity index (χ2n) is 6.51. The zero-order valence-corrected chi connectivity index (χ0v) is 15.7. The molecule has 0 aliphatic carbocycles. The minimum atomic E-state index is -0.231. The van der Waals surface area contributed by atoms with E-state index < -0.39 is 0 Å². The molecule has 0 fully saturated rings. The Kier molecular flexibility index (Phi) is 4.49. The molecule has 4 rings (SSSR count). The largest absolute Gasteiger partial charge is 0.454 e. The van der Waals surface area contributed by atoms with E-state index in [2.05, 4.69) is 10.4 Å². The normalized spacial score (nSPS) is 12.4. The van der Waals surface area contributed by atoms with Crippen LogP contribution < -0.4 is 14.8 Å². The topological polar surface area (TPSA) is 65.4 Å². The molecule has 0 atom stereocenters. The molecule has 1 aliphatic heterocycles. The number of fused-ring (bicyclic) bond motifs is 1. The van der Waals surface area contributed by atoms with Crippen LogP contribution in [0.5, 0.6) is 11.5 Å². The predicted octanol–water partition coefficient (Wildman–Crippen LogP) is 4.63. The molecule has 1 aliphatic rings. The summed E-state index contributed by atoms with van der Waals surface area (Å²) in [5.41, 5.74) is 2.78. The minimum Gasteiger partial charge on any atom is -0.454 e. The van der Waals surface area contributed by atoms with E-state index in [-0.39, 0.29) is 18.6 Å². The molecule has 2 heterocycles. The molecule has 0 unspecified atom stereocenters. The number of carbonyl (C=O) groups is 1. The second-order valence-corrected chi connectivity index (χ2v) is 6.95. The lowest BCUT2D eigenvalue weighted by molar-refractivity contribution is 0.102. The summed E-state index contributed by atoms with van der Waals surface area (Å²) in [6, 6.07) is 12.7. The van der Waals surface area contributed by atoms with Crippen molar-refractivity contribution >= 4 is 23.2 Å². The van der Waals surface area contributed by atoms with Crippen LogP contribution >= 0.6 is 11.6 Å². The van der Waals surface area contributed by atoms with Crippen molar-refractivity contribution in [3.8, 4) is 17.2 Å². The lowest BCUT2D eigenvalue weighted by atomic mass is 10.0. The number of anilines is 1. The number of aromatic nitrogens is 2. The van der Waals surface area contributed by atoms with E-state index >= 15 is 0 Å². The number of nitrogens with zero attached hydrogens (tertiary/aromatic N) is 2. The van der Waals surface area contributed by atoms with E-state index in [1.807, 2.05) is 32.0 Å². The van der Waals surface area contributed by atoms with Gasteiger partial charge >= 0.3 is 0 Å². The van der Waals surface area contributed by atoms with Crippen molar-refractivity contribution in [2.24, 2.45) is 0 Å². The maximum absolute atomic E-state index is 12.9. The summed E-state index contributed by atoms with van der Waals surface area (Å²) in [4.78, 5) is 12.9. The van der Waals surface area contributed by atoms with Crippen LogP contribution in [0.4, 0.5) is 5.69 Å². The second kappa shape index (κ2) is 6.96. The van der Waals surface area contributed by atoms with Crippen molar-refractivity contribution < 1.29 is 14.3 Å². The molecule has 138 valence electrons. The fourth-order valence-corrected chi connectivity index (χ4v) is 3.26.